The van der Waals surface area contributed by atoms with Crippen LogP contribution in [0.4, 0.5) is 10.6 Å². The molecule has 1 atom stereocenters. The van der Waals surface area contributed by atoms with Gasteiger partial charge in [0.15, 0.2) is 0 Å². The molecule has 0 aliphatic carbocycles. The standard InChI is InChI=1S/C15H22ClN3O4/c1-15(2,3)23-14(22)19-11(13(20)21)6-4-5-9-8-18-12(17)7-10(9)16/h7-8,11H,4-6H2,1-3H3,(H2,17,18)(H,19,22)(H,20,21). The van der Waals surface area contributed by atoms with Crippen molar-refractivity contribution in [1.29, 1.82) is 0 Å². The Labute approximate surface area is 140 Å². The number of carbonyl (C=O) groups is 2. The Hall–Kier alpha value is -2.02. The van der Waals surface area contributed by atoms with Gasteiger partial charge in [0.1, 0.15) is 17.5 Å². The van der Waals surface area contributed by atoms with Crippen molar-refractivity contribution in [2.24, 2.45) is 0 Å². The number of amides is 1. The summed E-state index contributed by atoms with van der Waals surface area (Å²) in [7, 11) is 0. The quantitative estimate of drug-likeness (QED) is 0.731. The average molecular weight is 344 g/mol. The van der Waals surface area contributed by atoms with Gasteiger partial charge in [-0.05, 0) is 51.7 Å². The average Bonchev–Trinajstić information content (AvgIpc) is 2.37. The molecule has 4 N–H and O–H groups in total. The molecule has 7 nitrogen and oxygen atoms in total. The van der Waals surface area contributed by atoms with Crippen LogP contribution in [0.15, 0.2) is 12.3 Å². The molecule has 1 unspecified atom stereocenters. The Bertz CT molecular complexity index is 572. The molecule has 1 aromatic heterocycles. The Morgan fingerprint density at radius 1 is 1.48 bits per heavy atom. The number of pyridine rings is 1. The Kier molecular flexibility index (Phi) is 6.62. The molecule has 0 fully saturated rings. The van der Waals surface area contributed by atoms with Crippen molar-refractivity contribution in [2.45, 2.75) is 51.7 Å². The summed E-state index contributed by atoms with van der Waals surface area (Å²) < 4.78 is 5.06. The lowest BCUT2D eigenvalue weighted by atomic mass is 10.1. The first kappa shape index (κ1) is 19.0. The van der Waals surface area contributed by atoms with Crippen LogP contribution in [0.1, 0.15) is 39.2 Å². The number of hydrogen-bond acceptors (Lipinski definition) is 5. The summed E-state index contributed by atoms with van der Waals surface area (Å²) in [6.45, 7) is 5.12. The zero-order valence-electron chi connectivity index (χ0n) is 13.4. The maximum Gasteiger partial charge on any atom is 0.408 e. The van der Waals surface area contributed by atoms with Gasteiger partial charge in [0.25, 0.3) is 0 Å². The van der Waals surface area contributed by atoms with Crippen LogP contribution in [0.25, 0.3) is 0 Å². The molecular weight excluding hydrogens is 322 g/mol. The van der Waals surface area contributed by atoms with E-state index in [0.717, 1.165) is 5.56 Å². The lowest BCUT2D eigenvalue weighted by Gasteiger charge is -2.22. The van der Waals surface area contributed by atoms with Crippen LogP contribution in [0.5, 0.6) is 0 Å². The zero-order valence-corrected chi connectivity index (χ0v) is 14.2. The molecule has 1 heterocycles. The first-order valence-corrected chi connectivity index (χ1v) is 7.58. The third-order valence-corrected chi connectivity index (χ3v) is 3.23. The number of nitrogens with one attached hydrogen (secondary N) is 1. The SMILES string of the molecule is CC(C)(C)OC(=O)NC(CCCc1cnc(N)cc1Cl)C(=O)O. The van der Waals surface area contributed by atoms with Gasteiger partial charge in [-0.1, -0.05) is 11.6 Å². The minimum absolute atomic E-state index is 0.245. The van der Waals surface area contributed by atoms with Crippen LogP contribution < -0.4 is 11.1 Å². The molecule has 8 heteroatoms. The fourth-order valence-corrected chi connectivity index (χ4v) is 2.12. The molecular formula is C15H22ClN3O4. The number of aliphatic carboxylic acids is 1. The summed E-state index contributed by atoms with van der Waals surface area (Å²) in [5, 5.41) is 12.0. The van der Waals surface area contributed by atoms with Crippen LogP contribution in [-0.4, -0.2) is 33.8 Å². The number of halogens is 1. The maximum absolute atomic E-state index is 11.7. The van der Waals surface area contributed by atoms with Gasteiger partial charge in [0.05, 0.1) is 0 Å². The highest BCUT2D eigenvalue weighted by Crippen LogP contribution is 2.19. The van der Waals surface area contributed by atoms with E-state index in [1.165, 1.54) is 0 Å². The van der Waals surface area contributed by atoms with Crippen LogP contribution in [0, 0.1) is 0 Å². The van der Waals surface area contributed by atoms with Crippen molar-refractivity contribution < 1.29 is 19.4 Å². The number of aryl methyl sites for hydroxylation is 1. The molecule has 1 aromatic rings. The lowest BCUT2D eigenvalue weighted by molar-refractivity contribution is -0.139. The van der Waals surface area contributed by atoms with Gasteiger partial charge in [-0.2, -0.15) is 0 Å². The third kappa shape index (κ3) is 7.19. The summed E-state index contributed by atoms with van der Waals surface area (Å²) in [5.41, 5.74) is 5.61. The van der Waals surface area contributed by atoms with Gasteiger partial charge >= 0.3 is 12.1 Å². The molecule has 0 aliphatic rings. The highest BCUT2D eigenvalue weighted by molar-refractivity contribution is 6.31. The topological polar surface area (TPSA) is 115 Å². The molecule has 1 rings (SSSR count). The molecule has 23 heavy (non-hydrogen) atoms. The van der Waals surface area contributed by atoms with Crippen molar-refractivity contribution in [3.05, 3.63) is 22.8 Å². The largest absolute Gasteiger partial charge is 0.480 e. The van der Waals surface area contributed by atoms with E-state index in [1.807, 2.05) is 0 Å². The van der Waals surface area contributed by atoms with Crippen LogP contribution in [0.2, 0.25) is 5.02 Å². The Morgan fingerprint density at radius 2 is 2.13 bits per heavy atom. The van der Waals surface area contributed by atoms with Crippen LogP contribution in [0.3, 0.4) is 0 Å². The number of ether oxygens (including phenoxy) is 1. The fourth-order valence-electron chi connectivity index (χ4n) is 1.86. The predicted molar refractivity (Wildman–Crippen MR) is 87.4 cm³/mol. The minimum Gasteiger partial charge on any atom is -0.480 e. The van der Waals surface area contributed by atoms with Crippen molar-refractivity contribution in [3.8, 4) is 0 Å². The number of hydrogen-bond donors (Lipinski definition) is 3. The summed E-state index contributed by atoms with van der Waals surface area (Å²) in [6.07, 6.45) is 2.10. The first-order valence-electron chi connectivity index (χ1n) is 7.20. The summed E-state index contributed by atoms with van der Waals surface area (Å²) in [5.74, 6) is -0.786. The number of alkyl carbamates (subject to hydrolysis) is 1. The second-order valence-corrected chi connectivity index (χ2v) is 6.54. The van der Waals surface area contributed by atoms with E-state index in [4.69, 9.17) is 22.1 Å². The number of aromatic nitrogens is 1. The number of carboxylic acids is 1. The summed E-state index contributed by atoms with van der Waals surface area (Å²) in [6, 6.07) is 0.523. The number of anilines is 1. The van der Waals surface area contributed by atoms with Crippen molar-refractivity contribution >= 4 is 29.5 Å². The van der Waals surface area contributed by atoms with Gasteiger partial charge in [-0.15, -0.1) is 0 Å². The smallest absolute Gasteiger partial charge is 0.408 e. The highest BCUT2D eigenvalue weighted by Gasteiger charge is 2.23. The van der Waals surface area contributed by atoms with E-state index in [-0.39, 0.29) is 6.42 Å². The predicted octanol–water partition coefficient (Wildman–Crippen LogP) is 2.62. The van der Waals surface area contributed by atoms with Crippen LogP contribution >= 0.6 is 11.6 Å². The van der Waals surface area contributed by atoms with Crippen molar-refractivity contribution in [3.63, 3.8) is 0 Å². The fraction of sp³-hybridized carbons (Fsp3) is 0.533. The zero-order chi connectivity index (χ0) is 17.6. The monoisotopic (exact) mass is 343 g/mol. The number of nitrogen functional groups attached to an aromatic ring is 1. The second-order valence-electron chi connectivity index (χ2n) is 6.13. The molecule has 128 valence electrons. The number of carboxylic acid groups (broad SMARTS) is 1. The van der Waals surface area contributed by atoms with Gasteiger partial charge in [-0.3, -0.25) is 0 Å². The normalized spacial score (nSPS) is 12.5. The Balaban J connectivity index is 2.53. The van der Waals surface area contributed by atoms with Crippen LogP contribution in [-0.2, 0) is 16.0 Å². The van der Waals surface area contributed by atoms with E-state index < -0.39 is 23.7 Å². The first-order chi connectivity index (χ1) is 10.6. The number of nitrogens with two attached hydrogens (primary N) is 1. The molecule has 0 aromatic carbocycles. The maximum atomic E-state index is 11.7. The molecule has 0 aliphatic heterocycles. The van der Waals surface area contributed by atoms with E-state index in [2.05, 4.69) is 10.3 Å². The van der Waals surface area contributed by atoms with E-state index in [1.54, 1.807) is 33.0 Å². The lowest BCUT2D eigenvalue weighted by Crippen LogP contribution is -2.43. The molecule has 0 radical (unpaired) electrons. The molecule has 0 spiro atoms. The van der Waals surface area contributed by atoms with E-state index >= 15 is 0 Å². The van der Waals surface area contributed by atoms with Gasteiger partial charge < -0.3 is 20.9 Å². The van der Waals surface area contributed by atoms with E-state index in [0.29, 0.717) is 23.7 Å². The second kappa shape index (κ2) is 8.01. The molecule has 0 saturated carbocycles. The number of carbonyl (C=O) groups excluding carboxylic acids is 1. The number of rotatable bonds is 6. The minimum atomic E-state index is -1.11. The van der Waals surface area contributed by atoms with Gasteiger partial charge in [-0.25, -0.2) is 14.6 Å². The summed E-state index contributed by atoms with van der Waals surface area (Å²) in [4.78, 5) is 26.8. The molecule has 0 saturated heterocycles. The van der Waals surface area contributed by atoms with E-state index in [9.17, 15) is 14.7 Å². The third-order valence-electron chi connectivity index (χ3n) is 2.88. The van der Waals surface area contributed by atoms with Gasteiger partial charge in [0.2, 0.25) is 0 Å². The van der Waals surface area contributed by atoms with Crippen molar-refractivity contribution in [1.82, 2.24) is 10.3 Å². The molecule has 1 amide bonds. The number of nitrogens with zero attached hydrogens (tertiary/aromatic N) is 1. The summed E-state index contributed by atoms with van der Waals surface area (Å²) >= 11 is 6.04. The van der Waals surface area contributed by atoms with Gasteiger partial charge in [0, 0.05) is 11.2 Å². The molecule has 0 bridgehead atoms. The van der Waals surface area contributed by atoms with Crippen molar-refractivity contribution in [2.75, 3.05) is 5.73 Å². The highest BCUT2D eigenvalue weighted by atomic mass is 35.5. The Morgan fingerprint density at radius 3 is 2.65 bits per heavy atom.